The Kier molecular flexibility index (Phi) is 3.93. The number of para-hydroxylation sites is 1. The Morgan fingerprint density at radius 2 is 1.90 bits per heavy atom. The van der Waals surface area contributed by atoms with Crippen LogP contribution in [0.2, 0.25) is 0 Å². The number of carbonyl (C=O) groups is 1. The number of aryl methyl sites for hydroxylation is 1. The summed E-state index contributed by atoms with van der Waals surface area (Å²) in [5, 5.41) is 12.8. The third-order valence-electron chi connectivity index (χ3n) is 2.87. The Balaban J connectivity index is 2.29. The van der Waals surface area contributed by atoms with Crippen molar-refractivity contribution in [2.45, 2.75) is 6.92 Å². The van der Waals surface area contributed by atoms with Crippen LogP contribution in [0.25, 0.3) is 0 Å². The minimum atomic E-state index is -1.13. The number of anilines is 1. The van der Waals surface area contributed by atoms with Crippen LogP contribution in [0.1, 0.15) is 15.9 Å². The molecule has 0 aliphatic carbocycles. The van der Waals surface area contributed by atoms with Crippen LogP contribution < -0.4 is 5.32 Å². The maximum absolute atomic E-state index is 13.6. The third kappa shape index (κ3) is 3.02. The van der Waals surface area contributed by atoms with Gasteiger partial charge >= 0.3 is 5.69 Å². The molecule has 2 aromatic rings. The SMILES string of the molecule is Cc1cccc(F)c1NC(=O)c1ccc([N+](=O)[O-])c(F)c1. The van der Waals surface area contributed by atoms with Crippen LogP contribution >= 0.6 is 0 Å². The van der Waals surface area contributed by atoms with Gasteiger partial charge in [0.05, 0.1) is 10.6 Å². The van der Waals surface area contributed by atoms with Gasteiger partial charge in [-0.05, 0) is 30.7 Å². The topological polar surface area (TPSA) is 72.2 Å². The Hall–Kier alpha value is -2.83. The summed E-state index contributed by atoms with van der Waals surface area (Å²) >= 11 is 0. The van der Waals surface area contributed by atoms with Crippen LogP contribution in [0.4, 0.5) is 20.2 Å². The Morgan fingerprint density at radius 1 is 1.19 bits per heavy atom. The van der Waals surface area contributed by atoms with Crippen molar-refractivity contribution in [3.8, 4) is 0 Å². The molecule has 0 aliphatic rings. The summed E-state index contributed by atoms with van der Waals surface area (Å²) in [5.74, 6) is -2.50. The maximum atomic E-state index is 13.6. The molecule has 2 rings (SSSR count). The molecule has 0 radical (unpaired) electrons. The Morgan fingerprint density at radius 3 is 2.48 bits per heavy atom. The van der Waals surface area contributed by atoms with Crippen LogP contribution in [0.15, 0.2) is 36.4 Å². The second kappa shape index (κ2) is 5.66. The lowest BCUT2D eigenvalue weighted by molar-refractivity contribution is -0.387. The number of hydrogen-bond donors (Lipinski definition) is 1. The predicted octanol–water partition coefficient (Wildman–Crippen LogP) is 3.43. The zero-order chi connectivity index (χ0) is 15.6. The van der Waals surface area contributed by atoms with E-state index in [2.05, 4.69) is 5.32 Å². The highest BCUT2D eigenvalue weighted by atomic mass is 19.1. The lowest BCUT2D eigenvalue weighted by atomic mass is 10.1. The fraction of sp³-hybridized carbons (Fsp3) is 0.0714. The van der Waals surface area contributed by atoms with Gasteiger partial charge in [0.25, 0.3) is 5.91 Å². The molecule has 0 aromatic heterocycles. The summed E-state index contributed by atoms with van der Waals surface area (Å²) in [6.45, 7) is 1.61. The van der Waals surface area contributed by atoms with Crippen molar-refractivity contribution < 1.29 is 18.5 Å². The molecule has 0 saturated carbocycles. The van der Waals surface area contributed by atoms with Crippen LogP contribution in [0, 0.1) is 28.7 Å². The van der Waals surface area contributed by atoms with E-state index in [1.807, 2.05) is 0 Å². The predicted molar refractivity (Wildman–Crippen MR) is 72.1 cm³/mol. The molecule has 1 N–H and O–H groups in total. The van der Waals surface area contributed by atoms with Crippen LogP contribution in [-0.2, 0) is 0 Å². The highest BCUT2D eigenvalue weighted by Gasteiger charge is 2.17. The van der Waals surface area contributed by atoms with E-state index in [4.69, 9.17) is 0 Å². The average molecular weight is 292 g/mol. The van der Waals surface area contributed by atoms with Gasteiger partial charge in [0, 0.05) is 11.6 Å². The standard InChI is InChI=1S/C14H10F2N2O3/c1-8-3-2-4-10(15)13(8)17-14(19)9-5-6-12(18(20)21)11(16)7-9/h2-7H,1H3,(H,17,19). The highest BCUT2D eigenvalue weighted by molar-refractivity contribution is 6.04. The molecular formula is C14H10F2N2O3. The number of halogens is 2. The molecule has 7 heteroatoms. The second-order valence-electron chi connectivity index (χ2n) is 4.31. The van der Waals surface area contributed by atoms with Gasteiger partial charge in [0.15, 0.2) is 0 Å². The van der Waals surface area contributed by atoms with Gasteiger partial charge in [-0.15, -0.1) is 0 Å². The van der Waals surface area contributed by atoms with Crippen molar-refractivity contribution in [2.75, 3.05) is 5.32 Å². The van der Waals surface area contributed by atoms with Gasteiger partial charge in [-0.25, -0.2) is 4.39 Å². The highest BCUT2D eigenvalue weighted by Crippen LogP contribution is 2.22. The number of benzene rings is 2. The molecule has 5 nitrogen and oxygen atoms in total. The van der Waals surface area contributed by atoms with Crippen LogP contribution in [0.3, 0.4) is 0 Å². The smallest absolute Gasteiger partial charge is 0.304 e. The van der Waals surface area contributed by atoms with Gasteiger partial charge < -0.3 is 5.32 Å². The maximum Gasteiger partial charge on any atom is 0.304 e. The molecule has 0 bridgehead atoms. The number of nitrogens with one attached hydrogen (secondary N) is 1. The molecule has 0 aliphatic heterocycles. The monoisotopic (exact) mass is 292 g/mol. The molecule has 1 amide bonds. The number of nitrogens with zero attached hydrogens (tertiary/aromatic N) is 1. The van der Waals surface area contributed by atoms with E-state index >= 15 is 0 Å². The molecule has 0 spiro atoms. The Labute approximate surface area is 118 Å². The first-order valence-corrected chi connectivity index (χ1v) is 5.90. The van der Waals surface area contributed by atoms with Gasteiger partial charge in [0.1, 0.15) is 5.82 Å². The molecule has 0 unspecified atom stereocenters. The molecule has 2 aromatic carbocycles. The third-order valence-corrected chi connectivity index (χ3v) is 2.87. The lowest BCUT2D eigenvalue weighted by Crippen LogP contribution is -2.14. The summed E-state index contributed by atoms with van der Waals surface area (Å²) in [6.07, 6.45) is 0. The number of amides is 1. The fourth-order valence-electron chi connectivity index (χ4n) is 1.77. The van der Waals surface area contributed by atoms with Crippen molar-refractivity contribution in [2.24, 2.45) is 0 Å². The molecule has 21 heavy (non-hydrogen) atoms. The van der Waals surface area contributed by atoms with Crippen LogP contribution in [0.5, 0.6) is 0 Å². The van der Waals surface area contributed by atoms with E-state index in [-0.39, 0.29) is 11.3 Å². The normalized spacial score (nSPS) is 10.2. The first kappa shape index (κ1) is 14.6. The Bertz CT molecular complexity index is 712. The quantitative estimate of drug-likeness (QED) is 0.695. The van der Waals surface area contributed by atoms with Crippen molar-refractivity contribution >= 4 is 17.3 Å². The van der Waals surface area contributed by atoms with Crippen molar-refractivity contribution in [3.63, 3.8) is 0 Å². The van der Waals surface area contributed by atoms with Crippen molar-refractivity contribution in [3.05, 3.63) is 69.3 Å². The van der Waals surface area contributed by atoms with E-state index in [1.54, 1.807) is 13.0 Å². The zero-order valence-corrected chi connectivity index (χ0v) is 10.9. The second-order valence-corrected chi connectivity index (χ2v) is 4.31. The van der Waals surface area contributed by atoms with E-state index < -0.39 is 28.2 Å². The fourth-order valence-corrected chi connectivity index (χ4v) is 1.77. The molecule has 0 atom stereocenters. The van der Waals surface area contributed by atoms with E-state index in [1.165, 1.54) is 12.1 Å². The first-order valence-electron chi connectivity index (χ1n) is 5.90. The first-order chi connectivity index (χ1) is 9.90. The van der Waals surface area contributed by atoms with Crippen LogP contribution in [-0.4, -0.2) is 10.8 Å². The van der Waals surface area contributed by atoms with Gasteiger partial charge in [-0.3, -0.25) is 14.9 Å². The average Bonchev–Trinajstić information content (AvgIpc) is 2.42. The van der Waals surface area contributed by atoms with E-state index in [9.17, 15) is 23.7 Å². The summed E-state index contributed by atoms with van der Waals surface area (Å²) in [6, 6.07) is 7.01. The minimum Gasteiger partial charge on any atom is -0.319 e. The number of hydrogen-bond acceptors (Lipinski definition) is 3. The minimum absolute atomic E-state index is 0.0127. The lowest BCUT2D eigenvalue weighted by Gasteiger charge is -2.09. The largest absolute Gasteiger partial charge is 0.319 e. The van der Waals surface area contributed by atoms with Gasteiger partial charge in [-0.1, -0.05) is 12.1 Å². The molecule has 0 fully saturated rings. The zero-order valence-electron chi connectivity index (χ0n) is 10.9. The molecule has 108 valence electrons. The number of nitro groups is 1. The summed E-state index contributed by atoms with van der Waals surface area (Å²) in [7, 11) is 0. The molecule has 0 saturated heterocycles. The molecule has 0 heterocycles. The number of rotatable bonds is 3. The van der Waals surface area contributed by atoms with E-state index in [0.717, 1.165) is 18.2 Å². The summed E-state index contributed by atoms with van der Waals surface area (Å²) in [4.78, 5) is 21.5. The molecular weight excluding hydrogens is 282 g/mol. The van der Waals surface area contributed by atoms with Crippen molar-refractivity contribution in [1.29, 1.82) is 0 Å². The van der Waals surface area contributed by atoms with Gasteiger partial charge in [0.2, 0.25) is 5.82 Å². The van der Waals surface area contributed by atoms with E-state index in [0.29, 0.717) is 5.56 Å². The number of nitro benzene ring substituents is 1. The van der Waals surface area contributed by atoms with Gasteiger partial charge in [-0.2, -0.15) is 4.39 Å². The summed E-state index contributed by atoms with van der Waals surface area (Å²) < 4.78 is 27.1. The van der Waals surface area contributed by atoms with Crippen molar-refractivity contribution in [1.82, 2.24) is 0 Å². The summed E-state index contributed by atoms with van der Waals surface area (Å²) in [5.41, 5.74) is -0.374. The number of carbonyl (C=O) groups excluding carboxylic acids is 1.